The highest BCUT2D eigenvalue weighted by Gasteiger charge is 2.19. The molecule has 1 aliphatic heterocycles. The molecule has 1 fully saturated rings. The Morgan fingerprint density at radius 2 is 1.71 bits per heavy atom. The van der Waals surface area contributed by atoms with Crippen molar-refractivity contribution in [2.75, 3.05) is 36.4 Å². The zero-order chi connectivity index (χ0) is 19.3. The van der Waals surface area contributed by atoms with Gasteiger partial charge in [-0.1, -0.05) is 30.3 Å². The molecule has 6 nitrogen and oxygen atoms in total. The molecule has 0 atom stereocenters. The van der Waals surface area contributed by atoms with E-state index in [1.165, 1.54) is 17.8 Å². The normalized spacial score (nSPS) is 14.9. The Morgan fingerprint density at radius 3 is 2.46 bits per heavy atom. The van der Waals surface area contributed by atoms with Crippen LogP contribution in [0.2, 0.25) is 0 Å². The molecule has 0 saturated carbocycles. The molecular weight excluding hydrogens is 362 g/mol. The van der Waals surface area contributed by atoms with Crippen molar-refractivity contribution in [3.05, 3.63) is 71.9 Å². The first-order chi connectivity index (χ1) is 13.7. The van der Waals surface area contributed by atoms with Gasteiger partial charge in [0.2, 0.25) is 5.95 Å². The van der Waals surface area contributed by atoms with Gasteiger partial charge in [0.15, 0.2) is 17.5 Å². The van der Waals surface area contributed by atoms with Gasteiger partial charge in [0.1, 0.15) is 0 Å². The molecule has 0 spiro atoms. The average Bonchev–Trinajstić information content (AvgIpc) is 2.72. The maximum absolute atomic E-state index is 13.4. The minimum Gasteiger partial charge on any atom is -0.339 e. The number of rotatable bonds is 5. The number of halogens is 2. The fourth-order valence-electron chi connectivity index (χ4n) is 3.16. The first-order valence-electron chi connectivity index (χ1n) is 9.10. The minimum atomic E-state index is -0.915. The smallest absolute Gasteiger partial charge is 0.247 e. The monoisotopic (exact) mass is 382 g/mol. The summed E-state index contributed by atoms with van der Waals surface area (Å²) in [5, 5.41) is 11.0. The van der Waals surface area contributed by atoms with Crippen LogP contribution in [0.15, 0.2) is 54.7 Å². The number of nitrogens with zero attached hydrogens (tertiary/aromatic N) is 5. The molecule has 4 rings (SSSR count). The Hall–Kier alpha value is -3.13. The Bertz CT molecular complexity index is 929. The van der Waals surface area contributed by atoms with E-state index in [1.54, 1.807) is 0 Å². The van der Waals surface area contributed by atoms with Gasteiger partial charge >= 0.3 is 0 Å². The van der Waals surface area contributed by atoms with Gasteiger partial charge < -0.3 is 10.2 Å². The maximum atomic E-state index is 13.4. The second-order valence-electron chi connectivity index (χ2n) is 6.64. The molecule has 0 amide bonds. The summed E-state index contributed by atoms with van der Waals surface area (Å²) in [6.07, 6.45) is 1.45. The molecule has 1 aliphatic rings. The van der Waals surface area contributed by atoms with Gasteiger partial charge in [-0.3, -0.25) is 4.90 Å². The Labute approximate surface area is 161 Å². The predicted octanol–water partition coefficient (Wildman–Crippen LogP) is 3.22. The van der Waals surface area contributed by atoms with Gasteiger partial charge in [-0.15, -0.1) is 5.10 Å². The van der Waals surface area contributed by atoms with E-state index in [0.717, 1.165) is 44.9 Å². The van der Waals surface area contributed by atoms with Crippen molar-refractivity contribution in [3.8, 4) is 0 Å². The van der Waals surface area contributed by atoms with E-state index >= 15 is 0 Å². The second kappa shape index (κ2) is 8.26. The summed E-state index contributed by atoms with van der Waals surface area (Å²) in [6, 6.07) is 14.0. The van der Waals surface area contributed by atoms with Crippen molar-refractivity contribution in [2.45, 2.75) is 6.54 Å². The van der Waals surface area contributed by atoms with Crippen molar-refractivity contribution in [3.63, 3.8) is 0 Å². The highest BCUT2D eigenvalue weighted by atomic mass is 19.2. The molecular formula is C20H20F2N6. The summed E-state index contributed by atoms with van der Waals surface area (Å²) in [6.45, 7) is 4.32. The van der Waals surface area contributed by atoms with Crippen LogP contribution < -0.4 is 10.2 Å². The van der Waals surface area contributed by atoms with Crippen molar-refractivity contribution in [2.24, 2.45) is 0 Å². The van der Waals surface area contributed by atoms with Crippen LogP contribution in [0.1, 0.15) is 5.56 Å². The molecule has 0 unspecified atom stereocenters. The lowest BCUT2D eigenvalue weighted by atomic mass is 10.2. The summed E-state index contributed by atoms with van der Waals surface area (Å²) in [5.41, 5.74) is 1.70. The lowest BCUT2D eigenvalue weighted by molar-refractivity contribution is 0.248. The molecule has 2 heterocycles. The number of piperazine rings is 1. The van der Waals surface area contributed by atoms with E-state index in [1.807, 2.05) is 6.07 Å². The number of nitrogens with one attached hydrogen (secondary N) is 1. The highest BCUT2D eigenvalue weighted by molar-refractivity contribution is 5.56. The summed E-state index contributed by atoms with van der Waals surface area (Å²) < 4.78 is 26.4. The highest BCUT2D eigenvalue weighted by Crippen LogP contribution is 2.19. The summed E-state index contributed by atoms with van der Waals surface area (Å²) in [5.74, 6) is -0.850. The van der Waals surface area contributed by atoms with Crippen molar-refractivity contribution < 1.29 is 8.78 Å². The molecule has 144 valence electrons. The molecule has 2 aromatic carbocycles. The number of hydrogen-bond donors (Lipinski definition) is 1. The molecule has 3 aromatic rings. The first kappa shape index (κ1) is 18.2. The Morgan fingerprint density at radius 1 is 0.929 bits per heavy atom. The number of benzene rings is 2. The fourth-order valence-corrected chi connectivity index (χ4v) is 3.16. The van der Waals surface area contributed by atoms with Crippen molar-refractivity contribution >= 4 is 17.5 Å². The Balaban J connectivity index is 1.37. The number of aromatic nitrogens is 3. The van der Waals surface area contributed by atoms with Gasteiger partial charge in [-0.05, 0) is 17.7 Å². The molecule has 28 heavy (non-hydrogen) atoms. The molecule has 1 N–H and O–H groups in total. The lowest BCUT2D eigenvalue weighted by Gasteiger charge is -2.34. The average molecular weight is 382 g/mol. The van der Waals surface area contributed by atoms with Gasteiger partial charge in [-0.25, -0.2) is 8.78 Å². The number of anilines is 3. The second-order valence-corrected chi connectivity index (χ2v) is 6.64. The fraction of sp³-hybridized carbons (Fsp3) is 0.250. The van der Waals surface area contributed by atoms with Crippen LogP contribution in [0.3, 0.4) is 0 Å². The number of hydrogen-bond acceptors (Lipinski definition) is 6. The molecule has 0 aliphatic carbocycles. The van der Waals surface area contributed by atoms with Crippen LogP contribution in [-0.2, 0) is 6.54 Å². The van der Waals surface area contributed by atoms with E-state index in [0.29, 0.717) is 17.5 Å². The van der Waals surface area contributed by atoms with Crippen LogP contribution in [-0.4, -0.2) is 46.3 Å². The van der Waals surface area contributed by atoms with Crippen molar-refractivity contribution in [1.29, 1.82) is 0 Å². The quantitative estimate of drug-likeness (QED) is 0.731. The summed E-state index contributed by atoms with van der Waals surface area (Å²) in [4.78, 5) is 8.93. The lowest BCUT2D eigenvalue weighted by Crippen LogP contribution is -2.46. The SMILES string of the molecule is Fc1ccc(Nc2cnnc(N3CCN(Cc4ccccc4)CC3)n2)cc1F. The third-order valence-corrected chi connectivity index (χ3v) is 4.64. The maximum Gasteiger partial charge on any atom is 0.247 e. The standard InChI is InChI=1S/C20H20F2N6/c21-17-7-6-16(12-18(17)22)24-19-13-23-26-20(25-19)28-10-8-27(9-11-28)14-15-4-2-1-3-5-15/h1-7,12-13H,8-11,14H2,(H,24,25,26). The van der Waals surface area contributed by atoms with E-state index in [2.05, 4.69) is 54.6 Å². The zero-order valence-electron chi connectivity index (χ0n) is 15.2. The van der Waals surface area contributed by atoms with E-state index in [9.17, 15) is 8.78 Å². The minimum absolute atomic E-state index is 0.401. The van der Waals surface area contributed by atoms with E-state index < -0.39 is 11.6 Å². The van der Waals surface area contributed by atoms with Crippen LogP contribution in [0.25, 0.3) is 0 Å². The third kappa shape index (κ3) is 4.40. The molecule has 1 aromatic heterocycles. The Kier molecular flexibility index (Phi) is 5.38. The van der Waals surface area contributed by atoms with E-state index in [-0.39, 0.29) is 0 Å². The molecule has 0 radical (unpaired) electrons. The topological polar surface area (TPSA) is 57.2 Å². The van der Waals surface area contributed by atoms with Gasteiger partial charge in [-0.2, -0.15) is 10.1 Å². The third-order valence-electron chi connectivity index (χ3n) is 4.64. The van der Waals surface area contributed by atoms with Gasteiger partial charge in [0, 0.05) is 44.5 Å². The van der Waals surface area contributed by atoms with Crippen LogP contribution in [0, 0.1) is 11.6 Å². The van der Waals surface area contributed by atoms with E-state index in [4.69, 9.17) is 0 Å². The molecule has 1 saturated heterocycles. The van der Waals surface area contributed by atoms with Crippen LogP contribution >= 0.6 is 0 Å². The summed E-state index contributed by atoms with van der Waals surface area (Å²) in [7, 11) is 0. The van der Waals surface area contributed by atoms with Crippen LogP contribution in [0.4, 0.5) is 26.2 Å². The van der Waals surface area contributed by atoms with Crippen molar-refractivity contribution in [1.82, 2.24) is 20.1 Å². The summed E-state index contributed by atoms with van der Waals surface area (Å²) >= 11 is 0. The van der Waals surface area contributed by atoms with Gasteiger partial charge in [0.05, 0.1) is 6.20 Å². The van der Waals surface area contributed by atoms with Crippen LogP contribution in [0.5, 0.6) is 0 Å². The van der Waals surface area contributed by atoms with Gasteiger partial charge in [0.25, 0.3) is 0 Å². The molecule has 0 bridgehead atoms. The predicted molar refractivity (Wildman–Crippen MR) is 103 cm³/mol. The largest absolute Gasteiger partial charge is 0.339 e. The zero-order valence-corrected chi connectivity index (χ0v) is 15.2. The molecule has 8 heteroatoms. The first-order valence-corrected chi connectivity index (χ1v) is 9.10.